The summed E-state index contributed by atoms with van der Waals surface area (Å²) in [5.41, 5.74) is 0.836. The number of rotatable bonds is 0. The average molecular weight is 190 g/mol. The fourth-order valence-electron chi connectivity index (χ4n) is 1.48. The minimum atomic E-state index is -0.905. The molecule has 2 heterocycles. The lowest BCUT2D eigenvalue weighted by Gasteiger charge is -2.31. The van der Waals surface area contributed by atoms with E-state index in [9.17, 15) is 9.90 Å². The summed E-state index contributed by atoms with van der Waals surface area (Å²) >= 11 is 0. The molecule has 2 aliphatic heterocycles. The van der Waals surface area contributed by atoms with Crippen molar-refractivity contribution < 1.29 is 9.90 Å². The Bertz CT molecular complexity index is 404. The lowest BCUT2D eigenvalue weighted by Crippen LogP contribution is -2.38. The minimum Gasteiger partial charge on any atom is -0.384 e. The van der Waals surface area contributed by atoms with Gasteiger partial charge in [-0.05, 0) is 13.0 Å². The highest BCUT2D eigenvalue weighted by atomic mass is 16.3. The lowest BCUT2D eigenvalue weighted by molar-refractivity contribution is -0.124. The zero-order chi connectivity index (χ0) is 10.3. The first-order valence-corrected chi connectivity index (χ1v) is 4.25. The number of aliphatic hydroxyl groups is 1. The second-order valence-electron chi connectivity index (χ2n) is 3.23. The Morgan fingerprint density at radius 1 is 1.64 bits per heavy atom. The number of amides is 1. The molecule has 0 unspecified atom stereocenters. The Morgan fingerprint density at radius 2 is 2.36 bits per heavy atom. The first-order valence-electron chi connectivity index (χ1n) is 4.25. The molecule has 2 rings (SSSR count). The molecule has 0 fully saturated rings. The predicted octanol–water partition coefficient (Wildman–Crippen LogP) is 0.575. The Labute approximate surface area is 81.6 Å². The van der Waals surface area contributed by atoms with E-state index in [1.807, 2.05) is 0 Å². The van der Waals surface area contributed by atoms with Crippen LogP contribution in [0.15, 0.2) is 40.8 Å². The topological polar surface area (TPSA) is 52.9 Å². The summed E-state index contributed by atoms with van der Waals surface area (Å²) in [6, 6.07) is 0. The number of allylic oxidation sites excluding steroid dienone is 1. The number of carbonyl (C=O) groups is 1. The van der Waals surface area contributed by atoms with E-state index in [2.05, 4.69) is 11.6 Å². The molecule has 0 bridgehead atoms. The van der Waals surface area contributed by atoms with E-state index in [-0.39, 0.29) is 11.5 Å². The molecule has 0 saturated carbocycles. The molecule has 0 spiro atoms. The van der Waals surface area contributed by atoms with Crippen LogP contribution in [0.25, 0.3) is 0 Å². The summed E-state index contributed by atoms with van der Waals surface area (Å²) in [6.07, 6.45) is 3.96. The minimum absolute atomic E-state index is 0.188. The maximum Gasteiger partial charge on any atom is 0.261 e. The average Bonchev–Trinajstić information content (AvgIpc) is 2.23. The van der Waals surface area contributed by atoms with Gasteiger partial charge in [0.1, 0.15) is 11.9 Å². The summed E-state index contributed by atoms with van der Waals surface area (Å²) in [5, 5.41) is 9.65. The zero-order valence-electron chi connectivity index (χ0n) is 7.77. The van der Waals surface area contributed by atoms with E-state index in [4.69, 9.17) is 0 Å². The third-order valence-corrected chi connectivity index (χ3v) is 2.33. The molecule has 1 amide bonds. The standard InChI is InChI=1S/C10H10N2O2/c1-6-8(13)7(2)10(14)12-5-3-4-11-9(6)12/h3-5,8,13H,2H2,1H3/t8-/m0/s1. The molecule has 0 aromatic heterocycles. The maximum atomic E-state index is 11.6. The van der Waals surface area contributed by atoms with Crippen molar-refractivity contribution in [3.63, 3.8) is 0 Å². The number of aliphatic hydroxyl groups excluding tert-OH is 1. The van der Waals surface area contributed by atoms with Gasteiger partial charge in [0, 0.05) is 23.6 Å². The molecular formula is C10H10N2O2. The smallest absolute Gasteiger partial charge is 0.261 e. The van der Waals surface area contributed by atoms with E-state index in [1.54, 1.807) is 25.4 Å². The normalized spacial score (nSPS) is 25.9. The predicted molar refractivity (Wildman–Crippen MR) is 52.3 cm³/mol. The van der Waals surface area contributed by atoms with Crippen LogP contribution < -0.4 is 0 Å². The summed E-state index contributed by atoms with van der Waals surface area (Å²) in [7, 11) is 0. The van der Waals surface area contributed by atoms with Crippen molar-refractivity contribution in [2.24, 2.45) is 4.99 Å². The van der Waals surface area contributed by atoms with Gasteiger partial charge in [0.2, 0.25) is 0 Å². The molecule has 4 nitrogen and oxygen atoms in total. The van der Waals surface area contributed by atoms with Crippen LogP contribution in [0.3, 0.4) is 0 Å². The third-order valence-electron chi connectivity index (χ3n) is 2.33. The van der Waals surface area contributed by atoms with Crippen molar-refractivity contribution in [3.05, 3.63) is 35.8 Å². The van der Waals surface area contributed by atoms with Gasteiger partial charge in [-0.1, -0.05) is 6.58 Å². The van der Waals surface area contributed by atoms with Crippen LogP contribution in [0.1, 0.15) is 6.92 Å². The van der Waals surface area contributed by atoms with Crippen LogP contribution >= 0.6 is 0 Å². The number of nitrogens with zero attached hydrogens (tertiary/aromatic N) is 2. The van der Waals surface area contributed by atoms with Crippen LogP contribution in [0.5, 0.6) is 0 Å². The monoisotopic (exact) mass is 190 g/mol. The van der Waals surface area contributed by atoms with Gasteiger partial charge in [-0.25, -0.2) is 4.99 Å². The van der Waals surface area contributed by atoms with Crippen molar-refractivity contribution in [2.45, 2.75) is 13.0 Å². The number of fused-ring (bicyclic) bond motifs is 1. The molecule has 1 atom stereocenters. The highest BCUT2D eigenvalue weighted by molar-refractivity contribution is 5.99. The Balaban J connectivity index is 2.56. The van der Waals surface area contributed by atoms with E-state index in [1.165, 1.54) is 4.90 Å². The van der Waals surface area contributed by atoms with E-state index < -0.39 is 6.10 Å². The highest BCUT2D eigenvalue weighted by Crippen LogP contribution is 2.28. The molecule has 0 aromatic rings. The Kier molecular flexibility index (Phi) is 1.86. The zero-order valence-corrected chi connectivity index (χ0v) is 7.77. The van der Waals surface area contributed by atoms with Crippen molar-refractivity contribution >= 4 is 12.1 Å². The van der Waals surface area contributed by atoms with Crippen molar-refractivity contribution in [2.75, 3.05) is 0 Å². The van der Waals surface area contributed by atoms with Gasteiger partial charge in [-0.3, -0.25) is 9.69 Å². The molecule has 72 valence electrons. The number of hydrogen-bond acceptors (Lipinski definition) is 3. The Morgan fingerprint density at radius 3 is 3.07 bits per heavy atom. The Hall–Kier alpha value is -1.68. The summed E-state index contributed by atoms with van der Waals surface area (Å²) < 4.78 is 0. The van der Waals surface area contributed by atoms with E-state index in [0.29, 0.717) is 11.4 Å². The molecule has 0 radical (unpaired) electrons. The van der Waals surface area contributed by atoms with Crippen molar-refractivity contribution in [1.82, 2.24) is 4.90 Å². The highest BCUT2D eigenvalue weighted by Gasteiger charge is 2.33. The molecule has 0 aromatic carbocycles. The second kappa shape index (κ2) is 2.92. The molecule has 4 heteroatoms. The van der Waals surface area contributed by atoms with Crippen LogP contribution in [-0.2, 0) is 4.79 Å². The van der Waals surface area contributed by atoms with Gasteiger partial charge in [0.05, 0.1) is 0 Å². The molecule has 14 heavy (non-hydrogen) atoms. The quantitative estimate of drug-likeness (QED) is 0.568. The fourth-order valence-corrected chi connectivity index (χ4v) is 1.48. The molecule has 0 aliphatic carbocycles. The van der Waals surface area contributed by atoms with Crippen LogP contribution in [0.4, 0.5) is 0 Å². The lowest BCUT2D eigenvalue weighted by atomic mass is 9.98. The van der Waals surface area contributed by atoms with Gasteiger partial charge < -0.3 is 5.11 Å². The molecule has 1 N–H and O–H groups in total. The first kappa shape index (κ1) is 8.90. The van der Waals surface area contributed by atoms with Gasteiger partial charge >= 0.3 is 0 Å². The van der Waals surface area contributed by atoms with Crippen molar-refractivity contribution in [3.8, 4) is 0 Å². The number of aliphatic imine (C=N–C) groups is 1. The van der Waals surface area contributed by atoms with Gasteiger partial charge in [-0.2, -0.15) is 0 Å². The van der Waals surface area contributed by atoms with Gasteiger partial charge in [-0.15, -0.1) is 0 Å². The van der Waals surface area contributed by atoms with Gasteiger partial charge in [0.15, 0.2) is 0 Å². The molecule has 0 saturated heterocycles. The fraction of sp³-hybridized carbons (Fsp3) is 0.200. The van der Waals surface area contributed by atoms with Crippen LogP contribution in [-0.4, -0.2) is 28.2 Å². The van der Waals surface area contributed by atoms with E-state index in [0.717, 1.165) is 0 Å². The van der Waals surface area contributed by atoms with Crippen LogP contribution in [0.2, 0.25) is 0 Å². The van der Waals surface area contributed by atoms with Crippen molar-refractivity contribution in [1.29, 1.82) is 0 Å². The largest absolute Gasteiger partial charge is 0.384 e. The SMILES string of the molecule is C=C1C(=O)N2C=CC=NC2=C(C)[C@@H]1O. The van der Waals surface area contributed by atoms with E-state index >= 15 is 0 Å². The first-order chi connectivity index (χ1) is 6.63. The third kappa shape index (κ3) is 1.04. The second-order valence-corrected chi connectivity index (χ2v) is 3.23. The van der Waals surface area contributed by atoms with Gasteiger partial charge in [0.25, 0.3) is 5.91 Å². The summed E-state index contributed by atoms with van der Waals surface area (Å²) in [6.45, 7) is 5.29. The molecule has 2 aliphatic rings. The molecular weight excluding hydrogens is 180 g/mol. The number of carbonyl (C=O) groups excluding carboxylic acids is 1. The summed E-state index contributed by atoms with van der Waals surface area (Å²) in [5.74, 6) is 0.198. The summed E-state index contributed by atoms with van der Waals surface area (Å²) in [4.78, 5) is 17.1. The number of hydrogen-bond donors (Lipinski definition) is 1. The van der Waals surface area contributed by atoms with Crippen LogP contribution in [0, 0.1) is 0 Å². The maximum absolute atomic E-state index is 11.6.